The van der Waals surface area contributed by atoms with Crippen LogP contribution in [0.1, 0.15) is 30.4 Å². The average molecular weight is 363 g/mol. The summed E-state index contributed by atoms with van der Waals surface area (Å²) in [7, 11) is 1.81. The highest BCUT2D eigenvalue weighted by molar-refractivity contribution is 5.98. The number of carbonyl (C=O) groups excluding carboxylic acids is 2. The molecule has 2 heterocycles. The Hall–Kier alpha value is -2.66. The van der Waals surface area contributed by atoms with Gasteiger partial charge < -0.3 is 15.1 Å². The smallest absolute Gasteiger partial charge is 0.244 e. The summed E-state index contributed by atoms with van der Waals surface area (Å²) < 4.78 is 0. The predicted molar refractivity (Wildman–Crippen MR) is 107 cm³/mol. The monoisotopic (exact) mass is 363 g/mol. The summed E-state index contributed by atoms with van der Waals surface area (Å²) >= 11 is 0. The van der Waals surface area contributed by atoms with Gasteiger partial charge in [0.1, 0.15) is 0 Å². The first kappa shape index (κ1) is 17.7. The number of likely N-dealkylation sites (N-methyl/N-ethyl adjacent to an activating group) is 1. The zero-order chi connectivity index (χ0) is 18.8. The fraction of sp³-hybridized carbons (Fsp3) is 0.364. The van der Waals surface area contributed by atoms with Gasteiger partial charge in [-0.1, -0.05) is 24.3 Å². The van der Waals surface area contributed by atoms with Gasteiger partial charge in [0.2, 0.25) is 11.8 Å². The van der Waals surface area contributed by atoms with Gasteiger partial charge in [0.05, 0.1) is 6.04 Å². The van der Waals surface area contributed by atoms with Gasteiger partial charge >= 0.3 is 0 Å². The van der Waals surface area contributed by atoms with Gasteiger partial charge in [-0.2, -0.15) is 0 Å². The first-order chi connectivity index (χ1) is 13.1. The fourth-order valence-electron chi connectivity index (χ4n) is 3.93. The van der Waals surface area contributed by atoms with E-state index in [4.69, 9.17) is 0 Å². The molecule has 27 heavy (non-hydrogen) atoms. The molecule has 0 unspecified atom stereocenters. The van der Waals surface area contributed by atoms with Crippen LogP contribution < -0.4 is 15.1 Å². The highest BCUT2D eigenvalue weighted by Gasteiger charge is 2.27. The Morgan fingerprint density at radius 3 is 2.56 bits per heavy atom. The Morgan fingerprint density at radius 1 is 1.07 bits per heavy atom. The van der Waals surface area contributed by atoms with E-state index < -0.39 is 0 Å². The van der Waals surface area contributed by atoms with Gasteiger partial charge in [0.15, 0.2) is 0 Å². The van der Waals surface area contributed by atoms with E-state index in [1.165, 1.54) is 11.1 Å². The number of nitrogens with zero attached hydrogens (tertiary/aromatic N) is 2. The second-order valence-electron chi connectivity index (χ2n) is 7.32. The molecule has 0 saturated carbocycles. The Bertz CT molecular complexity index is 847. The van der Waals surface area contributed by atoms with Crippen molar-refractivity contribution in [1.29, 1.82) is 0 Å². The van der Waals surface area contributed by atoms with Crippen molar-refractivity contribution in [2.45, 2.75) is 38.3 Å². The van der Waals surface area contributed by atoms with Gasteiger partial charge in [-0.05, 0) is 54.7 Å². The Labute approximate surface area is 160 Å². The van der Waals surface area contributed by atoms with Crippen molar-refractivity contribution in [3.8, 4) is 0 Å². The molecule has 4 rings (SSSR count). The number of anilines is 2. The molecule has 0 radical (unpaired) electrons. The van der Waals surface area contributed by atoms with Gasteiger partial charge in [0, 0.05) is 37.9 Å². The molecule has 0 aliphatic carbocycles. The Morgan fingerprint density at radius 2 is 1.81 bits per heavy atom. The molecular formula is C22H25N3O2. The topological polar surface area (TPSA) is 52.7 Å². The summed E-state index contributed by atoms with van der Waals surface area (Å²) in [5, 5.41) is 3.35. The molecular weight excluding hydrogens is 338 g/mol. The number of carbonyl (C=O) groups is 2. The minimum absolute atomic E-state index is 0.0614. The van der Waals surface area contributed by atoms with Crippen molar-refractivity contribution in [2.24, 2.45) is 0 Å². The van der Waals surface area contributed by atoms with E-state index in [1.807, 2.05) is 48.3 Å². The van der Waals surface area contributed by atoms with Crippen LogP contribution in [0.5, 0.6) is 0 Å². The summed E-state index contributed by atoms with van der Waals surface area (Å²) in [5.41, 5.74) is 4.25. The molecule has 0 aromatic heterocycles. The number of hydrogen-bond donors (Lipinski definition) is 1. The predicted octanol–water partition coefficient (Wildman–Crippen LogP) is 2.88. The molecule has 140 valence electrons. The molecule has 2 aliphatic heterocycles. The molecule has 1 saturated heterocycles. The second-order valence-corrected chi connectivity index (χ2v) is 7.32. The number of fused-ring (bicyclic) bond motifs is 1. The largest absolute Gasteiger partial charge is 0.314 e. The lowest BCUT2D eigenvalue weighted by Gasteiger charge is -2.30. The number of hydrogen-bond acceptors (Lipinski definition) is 3. The van der Waals surface area contributed by atoms with Crippen LogP contribution in [0.3, 0.4) is 0 Å². The van der Waals surface area contributed by atoms with Gasteiger partial charge in [0.25, 0.3) is 0 Å². The lowest BCUT2D eigenvalue weighted by atomic mass is 9.95. The molecule has 1 atom stereocenters. The van der Waals surface area contributed by atoms with Crippen molar-refractivity contribution < 1.29 is 9.59 Å². The SMILES string of the molecule is CN(C(=O)[C@@H]1Cc2ccccc2CN1)c1ccc(N2CCCCC2=O)cc1. The van der Waals surface area contributed by atoms with E-state index in [0.29, 0.717) is 12.8 Å². The molecule has 2 aromatic carbocycles. The molecule has 1 N–H and O–H groups in total. The van der Waals surface area contributed by atoms with Crippen LogP contribution in [0.15, 0.2) is 48.5 Å². The molecule has 2 aliphatic rings. The maximum Gasteiger partial charge on any atom is 0.244 e. The number of benzene rings is 2. The van der Waals surface area contributed by atoms with Crippen LogP contribution in [0.25, 0.3) is 0 Å². The van der Waals surface area contributed by atoms with Crippen LogP contribution >= 0.6 is 0 Å². The molecule has 2 aromatic rings. The van der Waals surface area contributed by atoms with E-state index in [0.717, 1.165) is 37.3 Å². The molecule has 0 bridgehead atoms. The van der Waals surface area contributed by atoms with E-state index in [2.05, 4.69) is 17.4 Å². The number of amides is 2. The summed E-state index contributed by atoms with van der Waals surface area (Å²) in [4.78, 5) is 28.6. The van der Waals surface area contributed by atoms with E-state index >= 15 is 0 Å². The van der Waals surface area contributed by atoms with Crippen LogP contribution in [0, 0.1) is 0 Å². The van der Waals surface area contributed by atoms with Crippen molar-refractivity contribution in [1.82, 2.24) is 5.32 Å². The zero-order valence-corrected chi connectivity index (χ0v) is 15.6. The van der Waals surface area contributed by atoms with E-state index in [-0.39, 0.29) is 17.9 Å². The maximum absolute atomic E-state index is 12.9. The van der Waals surface area contributed by atoms with Crippen LogP contribution in [0.2, 0.25) is 0 Å². The Kier molecular flexibility index (Phi) is 4.94. The number of nitrogens with one attached hydrogen (secondary N) is 1. The standard InChI is InChI=1S/C22H25N3O2/c1-24(22(27)20-14-16-6-2-3-7-17(16)15-23-20)18-9-11-19(12-10-18)25-13-5-4-8-21(25)26/h2-3,6-7,9-12,20,23H,4-5,8,13-15H2,1H3/t20-/m0/s1. The average Bonchev–Trinajstić information content (AvgIpc) is 2.73. The quantitative estimate of drug-likeness (QED) is 0.912. The van der Waals surface area contributed by atoms with E-state index in [1.54, 1.807) is 4.90 Å². The minimum atomic E-state index is -0.215. The first-order valence-electron chi connectivity index (χ1n) is 9.61. The third kappa shape index (κ3) is 3.60. The normalized spacial score (nSPS) is 19.5. The van der Waals surface area contributed by atoms with Gasteiger partial charge in [-0.25, -0.2) is 0 Å². The van der Waals surface area contributed by atoms with Crippen LogP contribution in [-0.4, -0.2) is 31.4 Å². The minimum Gasteiger partial charge on any atom is -0.314 e. The van der Waals surface area contributed by atoms with Crippen molar-refractivity contribution in [3.63, 3.8) is 0 Å². The summed E-state index contributed by atoms with van der Waals surface area (Å²) in [6.07, 6.45) is 3.34. The number of rotatable bonds is 3. The molecule has 0 spiro atoms. The summed E-state index contributed by atoms with van der Waals surface area (Å²) in [5.74, 6) is 0.245. The van der Waals surface area contributed by atoms with Crippen molar-refractivity contribution in [2.75, 3.05) is 23.4 Å². The highest BCUT2D eigenvalue weighted by atomic mass is 16.2. The summed E-state index contributed by atoms with van der Waals surface area (Å²) in [6, 6.07) is 15.8. The van der Waals surface area contributed by atoms with Gasteiger partial charge in [-0.3, -0.25) is 9.59 Å². The lowest BCUT2D eigenvalue weighted by Crippen LogP contribution is -2.48. The van der Waals surface area contributed by atoms with Crippen LogP contribution in [-0.2, 0) is 22.6 Å². The lowest BCUT2D eigenvalue weighted by molar-refractivity contribution is -0.120. The highest BCUT2D eigenvalue weighted by Crippen LogP contribution is 2.25. The third-order valence-corrected chi connectivity index (χ3v) is 5.58. The molecule has 5 heteroatoms. The third-order valence-electron chi connectivity index (χ3n) is 5.58. The van der Waals surface area contributed by atoms with Crippen molar-refractivity contribution >= 4 is 23.2 Å². The van der Waals surface area contributed by atoms with Gasteiger partial charge in [-0.15, -0.1) is 0 Å². The fourth-order valence-corrected chi connectivity index (χ4v) is 3.93. The summed E-state index contributed by atoms with van der Waals surface area (Å²) in [6.45, 7) is 1.49. The van der Waals surface area contributed by atoms with E-state index in [9.17, 15) is 9.59 Å². The second kappa shape index (κ2) is 7.53. The zero-order valence-electron chi connectivity index (χ0n) is 15.6. The molecule has 2 amide bonds. The first-order valence-corrected chi connectivity index (χ1v) is 9.61. The Balaban J connectivity index is 1.45. The maximum atomic E-state index is 12.9. The molecule has 1 fully saturated rings. The van der Waals surface area contributed by atoms with Crippen molar-refractivity contribution in [3.05, 3.63) is 59.7 Å². The van der Waals surface area contributed by atoms with Crippen LogP contribution in [0.4, 0.5) is 11.4 Å². The number of piperidine rings is 1. The molecule has 5 nitrogen and oxygen atoms in total.